The molecule has 114 valence electrons. The minimum Gasteiger partial charge on any atom is -0.339 e. The normalized spacial score (nSPS) is 18.5. The lowest BCUT2D eigenvalue weighted by Gasteiger charge is -2.40. The maximum atomic E-state index is 12.1. The Labute approximate surface area is 132 Å². The summed E-state index contributed by atoms with van der Waals surface area (Å²) in [7, 11) is 0. The summed E-state index contributed by atoms with van der Waals surface area (Å²) in [6.45, 7) is 2.58. The van der Waals surface area contributed by atoms with Gasteiger partial charge in [-0.15, -0.1) is 0 Å². The number of rotatable bonds is 3. The van der Waals surface area contributed by atoms with Crippen LogP contribution in [0.15, 0.2) is 60.7 Å². The molecule has 0 saturated carbocycles. The highest BCUT2D eigenvalue weighted by molar-refractivity contribution is 5.74. The summed E-state index contributed by atoms with van der Waals surface area (Å²) in [4.78, 5) is 14.2. The molecular weight excluding hydrogens is 270 g/mol. The van der Waals surface area contributed by atoms with Gasteiger partial charge in [0, 0.05) is 25.4 Å². The third kappa shape index (κ3) is 3.06. The van der Waals surface area contributed by atoms with Crippen LogP contribution in [0.5, 0.6) is 0 Å². The molecule has 22 heavy (non-hydrogen) atoms. The van der Waals surface area contributed by atoms with E-state index in [2.05, 4.69) is 65.6 Å². The molecule has 2 aromatic rings. The van der Waals surface area contributed by atoms with Crippen LogP contribution in [0.2, 0.25) is 0 Å². The van der Waals surface area contributed by atoms with Gasteiger partial charge in [0.05, 0.1) is 0 Å². The van der Waals surface area contributed by atoms with Gasteiger partial charge in [0.25, 0.3) is 0 Å². The molecule has 1 fully saturated rings. The third-order valence-corrected chi connectivity index (χ3v) is 4.66. The first-order valence-corrected chi connectivity index (χ1v) is 8.14. The molecule has 0 spiro atoms. The Morgan fingerprint density at radius 3 is 2.00 bits per heavy atom. The quantitative estimate of drug-likeness (QED) is 0.829. The summed E-state index contributed by atoms with van der Waals surface area (Å²) < 4.78 is 0. The molecule has 1 saturated heterocycles. The molecule has 1 amide bonds. The van der Waals surface area contributed by atoms with E-state index in [1.54, 1.807) is 6.92 Å². The number of carbonyl (C=O) groups is 1. The van der Waals surface area contributed by atoms with Crippen molar-refractivity contribution >= 4 is 5.91 Å². The van der Waals surface area contributed by atoms with Crippen molar-refractivity contribution in [2.24, 2.45) is 0 Å². The van der Waals surface area contributed by atoms with Gasteiger partial charge >= 0.3 is 0 Å². The van der Waals surface area contributed by atoms with Crippen molar-refractivity contribution in [2.75, 3.05) is 6.54 Å². The van der Waals surface area contributed by atoms with Gasteiger partial charge in [-0.25, -0.2) is 0 Å². The van der Waals surface area contributed by atoms with Gasteiger partial charge in [-0.2, -0.15) is 0 Å². The summed E-state index contributed by atoms with van der Waals surface area (Å²) in [5.41, 5.74) is 2.60. The average Bonchev–Trinajstić information content (AvgIpc) is 2.57. The van der Waals surface area contributed by atoms with Crippen LogP contribution in [0.3, 0.4) is 0 Å². The van der Waals surface area contributed by atoms with Crippen LogP contribution in [-0.2, 0) is 4.79 Å². The largest absolute Gasteiger partial charge is 0.339 e. The molecule has 1 aliphatic rings. The van der Waals surface area contributed by atoms with E-state index in [1.165, 1.54) is 17.5 Å². The fourth-order valence-corrected chi connectivity index (χ4v) is 3.65. The Balaban J connectivity index is 2.03. The van der Waals surface area contributed by atoms with Crippen molar-refractivity contribution in [2.45, 2.75) is 38.1 Å². The van der Waals surface area contributed by atoms with E-state index in [9.17, 15) is 4.79 Å². The van der Waals surface area contributed by atoms with Gasteiger partial charge in [0.2, 0.25) is 5.91 Å². The first-order valence-electron chi connectivity index (χ1n) is 8.14. The van der Waals surface area contributed by atoms with Gasteiger partial charge in [-0.3, -0.25) is 4.79 Å². The lowest BCUT2D eigenvalue weighted by molar-refractivity contribution is -0.132. The molecule has 0 N–H and O–H groups in total. The first-order chi connectivity index (χ1) is 10.8. The minimum absolute atomic E-state index is 0.196. The van der Waals surface area contributed by atoms with E-state index in [4.69, 9.17) is 0 Å². The molecule has 2 aromatic carbocycles. The standard InChI is InChI=1S/C20H23NO/c1-16(22)21-15-9-8-14-19(21)20(17-10-4-2-5-11-17)18-12-6-3-7-13-18/h2-7,10-13,19-20H,8-9,14-15H2,1H3. The highest BCUT2D eigenvalue weighted by atomic mass is 16.2. The van der Waals surface area contributed by atoms with Crippen LogP contribution in [0.1, 0.15) is 43.2 Å². The number of nitrogens with zero attached hydrogens (tertiary/aromatic N) is 1. The maximum absolute atomic E-state index is 12.1. The summed E-state index contributed by atoms with van der Waals surface area (Å²) >= 11 is 0. The molecule has 1 heterocycles. The highest BCUT2D eigenvalue weighted by Gasteiger charge is 2.33. The second-order valence-corrected chi connectivity index (χ2v) is 6.07. The lowest BCUT2D eigenvalue weighted by Crippen LogP contribution is -2.46. The fraction of sp³-hybridized carbons (Fsp3) is 0.350. The predicted octanol–water partition coefficient (Wildman–Crippen LogP) is 4.22. The zero-order chi connectivity index (χ0) is 15.4. The van der Waals surface area contributed by atoms with Crippen molar-refractivity contribution in [3.8, 4) is 0 Å². The van der Waals surface area contributed by atoms with Gasteiger partial charge in [-0.05, 0) is 30.4 Å². The van der Waals surface area contributed by atoms with Crippen LogP contribution in [-0.4, -0.2) is 23.4 Å². The number of piperidine rings is 1. The second-order valence-electron chi connectivity index (χ2n) is 6.07. The van der Waals surface area contributed by atoms with Crippen molar-refractivity contribution in [3.05, 3.63) is 71.8 Å². The Kier molecular flexibility index (Phi) is 4.57. The fourth-order valence-electron chi connectivity index (χ4n) is 3.65. The second kappa shape index (κ2) is 6.78. The van der Waals surface area contributed by atoms with Crippen LogP contribution in [0.4, 0.5) is 0 Å². The van der Waals surface area contributed by atoms with Crippen LogP contribution >= 0.6 is 0 Å². The smallest absolute Gasteiger partial charge is 0.219 e. The first kappa shape index (κ1) is 14.8. The van der Waals surface area contributed by atoms with Crippen molar-refractivity contribution < 1.29 is 4.79 Å². The van der Waals surface area contributed by atoms with Crippen molar-refractivity contribution in [1.82, 2.24) is 4.90 Å². The third-order valence-electron chi connectivity index (χ3n) is 4.66. The molecule has 0 bridgehead atoms. The predicted molar refractivity (Wildman–Crippen MR) is 89.8 cm³/mol. The topological polar surface area (TPSA) is 20.3 Å². The van der Waals surface area contributed by atoms with Gasteiger partial charge < -0.3 is 4.90 Å². The van der Waals surface area contributed by atoms with Gasteiger partial charge in [0.1, 0.15) is 0 Å². The van der Waals surface area contributed by atoms with E-state index in [0.29, 0.717) is 0 Å². The van der Waals surface area contributed by atoms with Crippen molar-refractivity contribution in [1.29, 1.82) is 0 Å². The Morgan fingerprint density at radius 2 is 1.50 bits per heavy atom. The Hall–Kier alpha value is -2.09. The van der Waals surface area contributed by atoms with Gasteiger partial charge in [-0.1, -0.05) is 60.7 Å². The summed E-state index contributed by atoms with van der Waals surface area (Å²) in [6, 6.07) is 21.5. The molecule has 0 aromatic heterocycles. The van der Waals surface area contributed by atoms with Gasteiger partial charge in [0.15, 0.2) is 0 Å². The van der Waals surface area contributed by atoms with E-state index >= 15 is 0 Å². The zero-order valence-corrected chi connectivity index (χ0v) is 13.1. The SMILES string of the molecule is CC(=O)N1CCCCC1C(c1ccccc1)c1ccccc1. The van der Waals surface area contributed by atoms with Crippen LogP contribution in [0.25, 0.3) is 0 Å². The molecule has 0 aliphatic carbocycles. The Bertz CT molecular complexity index is 569. The number of hydrogen-bond acceptors (Lipinski definition) is 1. The number of benzene rings is 2. The number of hydrogen-bond donors (Lipinski definition) is 0. The highest BCUT2D eigenvalue weighted by Crippen LogP contribution is 2.35. The monoisotopic (exact) mass is 293 g/mol. The Morgan fingerprint density at radius 1 is 0.955 bits per heavy atom. The summed E-state index contributed by atoms with van der Waals surface area (Å²) in [6.07, 6.45) is 3.39. The number of likely N-dealkylation sites (tertiary alicyclic amines) is 1. The van der Waals surface area contributed by atoms with E-state index < -0.39 is 0 Å². The molecule has 1 aliphatic heterocycles. The lowest BCUT2D eigenvalue weighted by atomic mass is 9.80. The maximum Gasteiger partial charge on any atom is 0.219 e. The molecule has 2 nitrogen and oxygen atoms in total. The van der Waals surface area contributed by atoms with E-state index in [-0.39, 0.29) is 17.9 Å². The number of carbonyl (C=O) groups excluding carboxylic acids is 1. The van der Waals surface area contributed by atoms with Crippen LogP contribution in [0, 0.1) is 0 Å². The van der Waals surface area contributed by atoms with E-state index in [1.807, 2.05) is 0 Å². The molecule has 1 atom stereocenters. The summed E-state index contributed by atoms with van der Waals surface area (Å²) in [5.74, 6) is 0.452. The zero-order valence-electron chi connectivity index (χ0n) is 13.1. The summed E-state index contributed by atoms with van der Waals surface area (Å²) in [5, 5.41) is 0. The van der Waals surface area contributed by atoms with Crippen molar-refractivity contribution in [3.63, 3.8) is 0 Å². The molecular formula is C20H23NO. The van der Waals surface area contributed by atoms with Crippen LogP contribution < -0.4 is 0 Å². The minimum atomic E-state index is 0.196. The molecule has 2 heteroatoms. The van der Waals surface area contributed by atoms with E-state index in [0.717, 1.165) is 19.4 Å². The average molecular weight is 293 g/mol. The number of amides is 1. The molecule has 0 radical (unpaired) electrons. The molecule has 1 unspecified atom stereocenters. The molecule has 3 rings (SSSR count).